The number of ether oxygens (including phenoxy) is 2. The average molecular weight is 448 g/mol. The average Bonchev–Trinajstić information content (AvgIpc) is 2.80. The van der Waals surface area contributed by atoms with Crippen LogP contribution >= 0.6 is 0 Å². The van der Waals surface area contributed by atoms with Crippen LogP contribution in [0.4, 0.5) is 5.69 Å². The quantitative estimate of drug-likeness (QED) is 0.527. The predicted molar refractivity (Wildman–Crippen MR) is 121 cm³/mol. The molecule has 170 valence electrons. The number of nitrogens with zero attached hydrogens (tertiary/aromatic N) is 3. The number of nitrogens with one attached hydrogen (secondary N) is 1. The molecule has 0 unspecified atom stereocenters. The second-order valence-corrected chi connectivity index (χ2v) is 7.29. The van der Waals surface area contributed by atoms with Crippen molar-refractivity contribution in [3.8, 4) is 11.6 Å². The highest BCUT2D eigenvalue weighted by atomic mass is 16.5. The van der Waals surface area contributed by atoms with Gasteiger partial charge >= 0.3 is 5.97 Å². The molecule has 3 aromatic rings. The molecule has 0 fully saturated rings. The Morgan fingerprint density at radius 2 is 1.73 bits per heavy atom. The molecular formula is C24H24N4O5. The number of carbonyl (C=O) groups is 3. The molecule has 0 aliphatic carbocycles. The Morgan fingerprint density at radius 1 is 1.00 bits per heavy atom. The van der Waals surface area contributed by atoms with E-state index in [0.29, 0.717) is 11.4 Å². The van der Waals surface area contributed by atoms with Gasteiger partial charge in [-0.05, 0) is 49.2 Å². The third-order valence-corrected chi connectivity index (χ3v) is 4.72. The lowest BCUT2D eigenvalue weighted by Crippen LogP contribution is -2.37. The summed E-state index contributed by atoms with van der Waals surface area (Å²) in [7, 11) is 1.46. The Kier molecular flexibility index (Phi) is 7.69. The molecule has 3 rings (SSSR count). The monoisotopic (exact) mass is 448 g/mol. The van der Waals surface area contributed by atoms with Crippen LogP contribution in [0, 0.1) is 13.8 Å². The van der Waals surface area contributed by atoms with E-state index in [1.807, 2.05) is 32.0 Å². The number of carbonyl (C=O) groups excluding carboxylic acids is 3. The van der Waals surface area contributed by atoms with Crippen LogP contribution in [0.15, 0.2) is 61.1 Å². The van der Waals surface area contributed by atoms with Crippen LogP contribution in [0.25, 0.3) is 0 Å². The van der Waals surface area contributed by atoms with Crippen molar-refractivity contribution in [2.24, 2.45) is 0 Å². The first kappa shape index (κ1) is 23.4. The summed E-state index contributed by atoms with van der Waals surface area (Å²) in [6, 6.07) is 12.1. The molecule has 2 amide bonds. The number of anilines is 1. The Hall–Kier alpha value is -4.27. The highest BCUT2D eigenvalue weighted by Gasteiger charge is 2.20. The molecule has 9 heteroatoms. The lowest BCUT2D eigenvalue weighted by molar-refractivity contribution is -0.136. The molecule has 2 heterocycles. The van der Waals surface area contributed by atoms with Gasteiger partial charge in [0.2, 0.25) is 11.8 Å². The van der Waals surface area contributed by atoms with Gasteiger partial charge in [0.05, 0.1) is 12.7 Å². The standard InChI is InChI=1S/C24H24N4O5/c1-16-7-4-8-17(2)22(16)27-20(29)14-28(3)21(30)15-32-24(31)19-10-6-12-26-23(19)33-18-9-5-11-25-13-18/h4-13H,14-15H2,1-3H3,(H,27,29). The molecule has 0 saturated heterocycles. The summed E-state index contributed by atoms with van der Waals surface area (Å²) in [6.45, 7) is 3.06. The zero-order valence-electron chi connectivity index (χ0n) is 18.6. The minimum Gasteiger partial charge on any atom is -0.452 e. The summed E-state index contributed by atoms with van der Waals surface area (Å²) < 4.78 is 10.7. The van der Waals surface area contributed by atoms with Crippen LogP contribution in [-0.2, 0) is 14.3 Å². The minimum absolute atomic E-state index is 0.0317. The molecular weight excluding hydrogens is 424 g/mol. The van der Waals surface area contributed by atoms with Crippen LogP contribution in [0.1, 0.15) is 21.5 Å². The van der Waals surface area contributed by atoms with Crippen molar-refractivity contribution in [3.63, 3.8) is 0 Å². The molecule has 0 radical (unpaired) electrons. The number of rotatable bonds is 8. The fraction of sp³-hybridized carbons (Fsp3) is 0.208. The second kappa shape index (κ2) is 10.9. The largest absolute Gasteiger partial charge is 0.452 e. The maximum absolute atomic E-state index is 12.5. The Balaban J connectivity index is 1.55. The van der Waals surface area contributed by atoms with Gasteiger partial charge in [-0.25, -0.2) is 9.78 Å². The fourth-order valence-corrected chi connectivity index (χ4v) is 2.96. The summed E-state index contributed by atoms with van der Waals surface area (Å²) in [5.74, 6) is -1.23. The second-order valence-electron chi connectivity index (χ2n) is 7.29. The van der Waals surface area contributed by atoms with E-state index >= 15 is 0 Å². The minimum atomic E-state index is -0.774. The van der Waals surface area contributed by atoms with Gasteiger partial charge in [0, 0.05) is 25.1 Å². The number of benzene rings is 1. The Labute approximate surface area is 191 Å². The summed E-state index contributed by atoms with van der Waals surface area (Å²) in [5, 5.41) is 2.82. The smallest absolute Gasteiger partial charge is 0.344 e. The van der Waals surface area contributed by atoms with E-state index in [1.54, 1.807) is 24.4 Å². The van der Waals surface area contributed by atoms with Crippen molar-refractivity contribution in [1.82, 2.24) is 14.9 Å². The Morgan fingerprint density at radius 3 is 2.42 bits per heavy atom. The van der Waals surface area contributed by atoms with Crippen molar-refractivity contribution >= 4 is 23.5 Å². The van der Waals surface area contributed by atoms with Gasteiger partial charge in [-0.3, -0.25) is 14.6 Å². The van der Waals surface area contributed by atoms with Gasteiger partial charge in [-0.15, -0.1) is 0 Å². The van der Waals surface area contributed by atoms with Gasteiger partial charge in [-0.1, -0.05) is 18.2 Å². The molecule has 0 atom stereocenters. The van der Waals surface area contributed by atoms with E-state index in [2.05, 4.69) is 15.3 Å². The van der Waals surface area contributed by atoms with E-state index in [1.165, 1.54) is 30.4 Å². The first-order valence-corrected chi connectivity index (χ1v) is 10.1. The van der Waals surface area contributed by atoms with Crippen molar-refractivity contribution in [2.75, 3.05) is 25.5 Å². The molecule has 0 saturated carbocycles. The van der Waals surface area contributed by atoms with Gasteiger partial charge in [0.25, 0.3) is 5.91 Å². The normalized spacial score (nSPS) is 10.3. The van der Waals surface area contributed by atoms with Gasteiger partial charge in [-0.2, -0.15) is 0 Å². The van der Waals surface area contributed by atoms with Gasteiger partial charge < -0.3 is 19.7 Å². The van der Waals surface area contributed by atoms with E-state index < -0.39 is 18.5 Å². The van der Waals surface area contributed by atoms with Crippen molar-refractivity contribution in [1.29, 1.82) is 0 Å². The zero-order valence-corrected chi connectivity index (χ0v) is 18.6. The number of para-hydroxylation sites is 1. The molecule has 0 bridgehead atoms. The molecule has 1 aromatic carbocycles. The van der Waals surface area contributed by atoms with Crippen LogP contribution in [0.3, 0.4) is 0 Å². The lowest BCUT2D eigenvalue weighted by atomic mass is 10.1. The molecule has 0 spiro atoms. The lowest BCUT2D eigenvalue weighted by Gasteiger charge is -2.18. The van der Waals surface area contributed by atoms with Gasteiger partial charge in [0.1, 0.15) is 11.3 Å². The van der Waals surface area contributed by atoms with E-state index in [0.717, 1.165) is 11.1 Å². The van der Waals surface area contributed by atoms with Crippen LogP contribution in [-0.4, -0.2) is 52.9 Å². The van der Waals surface area contributed by atoms with Crippen LogP contribution in [0.5, 0.6) is 11.6 Å². The number of esters is 1. The van der Waals surface area contributed by atoms with Gasteiger partial charge in [0.15, 0.2) is 6.61 Å². The van der Waals surface area contributed by atoms with Crippen molar-refractivity contribution in [3.05, 3.63) is 77.7 Å². The number of hydrogen-bond donors (Lipinski definition) is 1. The SMILES string of the molecule is Cc1cccc(C)c1NC(=O)CN(C)C(=O)COC(=O)c1cccnc1Oc1cccnc1. The van der Waals surface area contributed by atoms with E-state index in [-0.39, 0.29) is 23.9 Å². The summed E-state index contributed by atoms with van der Waals surface area (Å²) in [4.78, 5) is 46.5. The van der Waals surface area contributed by atoms with E-state index in [9.17, 15) is 14.4 Å². The first-order valence-electron chi connectivity index (χ1n) is 10.1. The summed E-state index contributed by atoms with van der Waals surface area (Å²) >= 11 is 0. The number of aromatic nitrogens is 2. The summed E-state index contributed by atoms with van der Waals surface area (Å²) in [6.07, 6.45) is 4.53. The highest BCUT2D eigenvalue weighted by Crippen LogP contribution is 2.22. The van der Waals surface area contributed by atoms with Crippen LogP contribution < -0.4 is 10.1 Å². The number of aryl methyl sites for hydroxylation is 2. The molecule has 0 aliphatic rings. The molecule has 0 aliphatic heterocycles. The highest BCUT2D eigenvalue weighted by molar-refractivity contribution is 5.96. The van der Waals surface area contributed by atoms with Crippen LogP contribution in [0.2, 0.25) is 0 Å². The third-order valence-electron chi connectivity index (χ3n) is 4.72. The van der Waals surface area contributed by atoms with Crippen molar-refractivity contribution in [2.45, 2.75) is 13.8 Å². The molecule has 2 aromatic heterocycles. The van der Waals surface area contributed by atoms with E-state index in [4.69, 9.17) is 9.47 Å². The topological polar surface area (TPSA) is 111 Å². The number of likely N-dealkylation sites (N-methyl/N-ethyl adjacent to an activating group) is 1. The number of amides is 2. The third kappa shape index (κ3) is 6.36. The van der Waals surface area contributed by atoms with Crippen molar-refractivity contribution < 1.29 is 23.9 Å². The maximum atomic E-state index is 12.5. The maximum Gasteiger partial charge on any atom is 0.344 e. The molecule has 33 heavy (non-hydrogen) atoms. The molecule has 1 N–H and O–H groups in total. The summed E-state index contributed by atoms with van der Waals surface area (Å²) in [5.41, 5.74) is 2.62. The predicted octanol–water partition coefficient (Wildman–Crippen LogP) is 3.14. The molecule has 9 nitrogen and oxygen atoms in total. The zero-order chi connectivity index (χ0) is 23.8. The number of pyridine rings is 2. The first-order chi connectivity index (χ1) is 15.8. The number of hydrogen-bond acceptors (Lipinski definition) is 7. The Bertz CT molecular complexity index is 1130. The fourth-order valence-electron chi connectivity index (χ4n) is 2.96.